The maximum atomic E-state index is 12.7. The Morgan fingerprint density at radius 2 is 1.81 bits per heavy atom. The normalized spacial score (nSPS) is 21.4. The molecule has 2 fully saturated rings. The first kappa shape index (κ1) is 19.9. The van der Waals surface area contributed by atoms with Gasteiger partial charge in [0, 0.05) is 30.2 Å². The van der Waals surface area contributed by atoms with Crippen molar-refractivity contribution in [2.75, 3.05) is 18.4 Å². The Morgan fingerprint density at radius 3 is 2.45 bits per heavy atom. The van der Waals surface area contributed by atoms with E-state index in [4.69, 9.17) is 4.74 Å². The molecule has 2 heterocycles. The van der Waals surface area contributed by atoms with Crippen molar-refractivity contribution in [3.8, 4) is 5.75 Å². The zero-order valence-corrected chi connectivity index (χ0v) is 16.6. The van der Waals surface area contributed by atoms with Gasteiger partial charge in [-0.05, 0) is 54.7 Å². The zero-order chi connectivity index (χ0) is 21.6. The summed E-state index contributed by atoms with van der Waals surface area (Å²) < 4.78 is 44.2. The fraction of sp³-hybridized carbons (Fsp3) is 0.348. The Labute approximate surface area is 177 Å². The van der Waals surface area contributed by atoms with Crippen LogP contribution in [0.25, 0.3) is 10.9 Å². The Kier molecular flexibility index (Phi) is 4.89. The van der Waals surface area contributed by atoms with E-state index < -0.39 is 11.7 Å². The Morgan fingerprint density at radius 1 is 1.06 bits per heavy atom. The second-order valence-corrected chi connectivity index (χ2v) is 8.28. The molecule has 5 rings (SSSR count). The number of hydrogen-bond acceptors (Lipinski definition) is 3. The SMILES string of the molecule is O=C(Nc1c[nH]c2ccc(O[C@H]3C[C@@H](c4ccc(C(F)(F)F)cc4)C3)cc12)C1CNC1. The third-order valence-electron chi connectivity index (χ3n) is 6.17. The Bertz CT molecular complexity index is 1100. The molecular formula is C23H22F3N3O2. The quantitative estimate of drug-likeness (QED) is 0.552. The number of aromatic nitrogens is 1. The van der Waals surface area contributed by atoms with Crippen molar-refractivity contribution in [1.82, 2.24) is 10.3 Å². The lowest BCUT2D eigenvalue weighted by molar-refractivity contribution is -0.137. The molecule has 162 valence electrons. The highest BCUT2D eigenvalue weighted by Gasteiger charge is 2.34. The summed E-state index contributed by atoms with van der Waals surface area (Å²) in [7, 11) is 0. The third kappa shape index (κ3) is 3.99. The molecule has 0 bridgehead atoms. The van der Waals surface area contributed by atoms with Crippen LogP contribution >= 0.6 is 0 Å². The van der Waals surface area contributed by atoms with E-state index in [1.54, 1.807) is 18.3 Å². The number of halogens is 3. The number of carbonyl (C=O) groups excluding carboxylic acids is 1. The molecule has 1 aliphatic heterocycles. The number of rotatable bonds is 5. The van der Waals surface area contributed by atoms with E-state index in [9.17, 15) is 18.0 Å². The molecule has 1 saturated heterocycles. The minimum atomic E-state index is -4.31. The van der Waals surface area contributed by atoms with Gasteiger partial charge in [-0.2, -0.15) is 13.2 Å². The van der Waals surface area contributed by atoms with Gasteiger partial charge in [-0.25, -0.2) is 0 Å². The lowest BCUT2D eigenvalue weighted by atomic mass is 9.77. The largest absolute Gasteiger partial charge is 0.490 e. The monoisotopic (exact) mass is 429 g/mol. The molecule has 1 aromatic heterocycles. The van der Waals surface area contributed by atoms with Crippen LogP contribution in [0, 0.1) is 5.92 Å². The summed E-state index contributed by atoms with van der Waals surface area (Å²) in [6, 6.07) is 11.1. The highest BCUT2D eigenvalue weighted by Crippen LogP contribution is 2.41. The van der Waals surface area contributed by atoms with Crippen LogP contribution in [0.5, 0.6) is 5.75 Å². The first-order valence-corrected chi connectivity index (χ1v) is 10.3. The number of ether oxygens (including phenoxy) is 1. The van der Waals surface area contributed by atoms with E-state index in [0.29, 0.717) is 18.8 Å². The average Bonchev–Trinajstić information content (AvgIpc) is 3.04. The first-order chi connectivity index (χ1) is 14.9. The van der Waals surface area contributed by atoms with E-state index in [1.165, 1.54) is 0 Å². The molecule has 1 saturated carbocycles. The van der Waals surface area contributed by atoms with Gasteiger partial charge in [0.15, 0.2) is 0 Å². The van der Waals surface area contributed by atoms with Crippen LogP contribution < -0.4 is 15.4 Å². The number of amides is 1. The Balaban J connectivity index is 1.21. The molecule has 5 nitrogen and oxygen atoms in total. The second-order valence-electron chi connectivity index (χ2n) is 8.28. The van der Waals surface area contributed by atoms with Crippen molar-refractivity contribution in [2.45, 2.75) is 31.0 Å². The summed E-state index contributed by atoms with van der Waals surface area (Å²) >= 11 is 0. The molecule has 31 heavy (non-hydrogen) atoms. The van der Waals surface area contributed by atoms with Gasteiger partial charge in [0.25, 0.3) is 0 Å². The number of carbonyl (C=O) groups is 1. The first-order valence-electron chi connectivity index (χ1n) is 10.3. The minimum absolute atomic E-state index is 0.00138. The van der Waals surface area contributed by atoms with Crippen molar-refractivity contribution in [3.05, 3.63) is 59.8 Å². The molecule has 3 aromatic rings. The average molecular weight is 429 g/mol. The van der Waals surface area contributed by atoms with E-state index in [-0.39, 0.29) is 23.8 Å². The van der Waals surface area contributed by atoms with Crippen molar-refractivity contribution >= 4 is 22.5 Å². The van der Waals surface area contributed by atoms with Gasteiger partial charge >= 0.3 is 6.18 Å². The van der Waals surface area contributed by atoms with E-state index >= 15 is 0 Å². The highest BCUT2D eigenvalue weighted by molar-refractivity contribution is 6.03. The number of anilines is 1. The fourth-order valence-electron chi connectivity index (χ4n) is 4.06. The van der Waals surface area contributed by atoms with Gasteiger partial charge < -0.3 is 20.4 Å². The minimum Gasteiger partial charge on any atom is -0.490 e. The third-order valence-corrected chi connectivity index (χ3v) is 6.17. The molecule has 3 N–H and O–H groups in total. The molecular weight excluding hydrogens is 407 g/mol. The van der Waals surface area contributed by atoms with Crippen molar-refractivity contribution in [3.63, 3.8) is 0 Å². The van der Waals surface area contributed by atoms with Gasteiger partial charge in [0.2, 0.25) is 5.91 Å². The van der Waals surface area contributed by atoms with E-state index in [1.807, 2.05) is 18.2 Å². The van der Waals surface area contributed by atoms with Gasteiger partial charge in [0.05, 0.1) is 23.3 Å². The van der Waals surface area contributed by atoms with Crippen LogP contribution in [0.15, 0.2) is 48.7 Å². The second kappa shape index (κ2) is 7.60. The van der Waals surface area contributed by atoms with Gasteiger partial charge in [-0.1, -0.05) is 12.1 Å². The molecule has 0 radical (unpaired) electrons. The molecule has 0 spiro atoms. The summed E-state index contributed by atoms with van der Waals surface area (Å²) in [5, 5.41) is 6.95. The van der Waals surface area contributed by atoms with Gasteiger partial charge in [-0.3, -0.25) is 4.79 Å². The molecule has 2 aliphatic rings. The van der Waals surface area contributed by atoms with Crippen LogP contribution in [0.2, 0.25) is 0 Å². The summed E-state index contributed by atoms with van der Waals surface area (Å²) in [5.41, 5.74) is 1.92. The maximum absolute atomic E-state index is 12.7. The lowest BCUT2D eigenvalue weighted by Gasteiger charge is -2.35. The number of nitrogens with one attached hydrogen (secondary N) is 3. The molecule has 0 atom stereocenters. The summed E-state index contributed by atoms with van der Waals surface area (Å²) in [6.45, 7) is 1.40. The van der Waals surface area contributed by atoms with Gasteiger partial charge in [-0.15, -0.1) is 0 Å². The van der Waals surface area contributed by atoms with E-state index in [0.717, 1.165) is 47.1 Å². The standard InChI is InChI=1S/C23H22F3N3O2/c24-23(25,26)16-3-1-13(2-4-16)14-7-18(8-14)31-17-5-6-20-19(9-17)21(12-28-20)29-22(30)15-10-27-11-15/h1-6,9,12,14-15,18,27-28H,7-8,10-11H2,(H,29,30)/t14-,18+. The lowest BCUT2D eigenvalue weighted by Crippen LogP contribution is -2.48. The molecule has 2 aromatic carbocycles. The predicted molar refractivity (Wildman–Crippen MR) is 111 cm³/mol. The number of alkyl halides is 3. The summed E-state index contributed by atoms with van der Waals surface area (Å²) in [6.07, 6.45) is -0.998. The van der Waals surface area contributed by atoms with Crippen LogP contribution in [0.3, 0.4) is 0 Å². The van der Waals surface area contributed by atoms with Crippen molar-refractivity contribution in [1.29, 1.82) is 0 Å². The van der Waals surface area contributed by atoms with Gasteiger partial charge in [0.1, 0.15) is 5.75 Å². The fourth-order valence-corrected chi connectivity index (χ4v) is 4.06. The smallest absolute Gasteiger partial charge is 0.416 e. The number of H-pyrrole nitrogens is 1. The molecule has 1 aliphatic carbocycles. The molecule has 0 unspecified atom stereocenters. The highest BCUT2D eigenvalue weighted by atomic mass is 19.4. The van der Waals surface area contributed by atoms with Crippen LogP contribution in [0.4, 0.5) is 18.9 Å². The molecule has 1 amide bonds. The maximum Gasteiger partial charge on any atom is 0.416 e. The van der Waals surface area contributed by atoms with Crippen LogP contribution in [0.1, 0.15) is 29.9 Å². The number of hydrogen-bond donors (Lipinski definition) is 3. The summed E-state index contributed by atoms with van der Waals surface area (Å²) in [4.78, 5) is 15.4. The van der Waals surface area contributed by atoms with Crippen molar-refractivity contribution in [2.24, 2.45) is 5.92 Å². The summed E-state index contributed by atoms with van der Waals surface area (Å²) in [5.74, 6) is 0.920. The van der Waals surface area contributed by atoms with Crippen LogP contribution in [-0.4, -0.2) is 30.1 Å². The van der Waals surface area contributed by atoms with Crippen LogP contribution in [-0.2, 0) is 11.0 Å². The Hall–Kier alpha value is -3.00. The number of benzene rings is 2. The topological polar surface area (TPSA) is 66.2 Å². The van der Waals surface area contributed by atoms with E-state index in [2.05, 4.69) is 15.6 Å². The van der Waals surface area contributed by atoms with Crippen molar-refractivity contribution < 1.29 is 22.7 Å². The predicted octanol–water partition coefficient (Wildman–Crippen LogP) is 4.67. The number of aromatic amines is 1. The number of fused-ring (bicyclic) bond motifs is 1. The molecule has 8 heteroatoms. The zero-order valence-electron chi connectivity index (χ0n) is 16.6.